The minimum absolute atomic E-state index is 0.0412. The molecule has 0 aliphatic rings. The second kappa shape index (κ2) is 6.12. The van der Waals surface area contributed by atoms with E-state index < -0.39 is 11.7 Å². The molecule has 0 aliphatic heterocycles. The van der Waals surface area contributed by atoms with Gasteiger partial charge in [-0.25, -0.2) is 14.4 Å². The number of aromatic nitrogens is 2. The zero-order valence-electron chi connectivity index (χ0n) is 12.9. The molecule has 1 aromatic carbocycles. The Morgan fingerprint density at radius 2 is 1.88 bits per heavy atom. The monoisotopic (exact) mass is 390 g/mol. The summed E-state index contributed by atoms with van der Waals surface area (Å²) in [7, 11) is 0. The average Bonchev–Trinajstić information content (AvgIpc) is 3.16. The van der Waals surface area contributed by atoms with E-state index in [4.69, 9.17) is 33.4 Å². The number of hydrogen-bond donors (Lipinski definition) is 2. The lowest BCUT2D eigenvalue weighted by Gasteiger charge is -2.08. The van der Waals surface area contributed by atoms with Crippen LogP contribution in [0.3, 0.4) is 0 Å². The molecule has 26 heavy (non-hydrogen) atoms. The van der Waals surface area contributed by atoms with Gasteiger partial charge in [0, 0.05) is 35.3 Å². The topological polar surface area (TPSA) is 94.0 Å². The lowest BCUT2D eigenvalue weighted by Crippen LogP contribution is -2.13. The quantitative estimate of drug-likeness (QED) is 0.532. The molecule has 0 unspecified atom stereocenters. The number of halogens is 3. The zero-order chi connectivity index (χ0) is 18.4. The van der Waals surface area contributed by atoms with Gasteiger partial charge >= 0.3 is 0 Å². The van der Waals surface area contributed by atoms with Crippen LogP contribution in [0.15, 0.2) is 41.1 Å². The van der Waals surface area contributed by atoms with Crippen LogP contribution in [0.4, 0.5) is 16.0 Å². The number of carbonyl (C=O) groups excluding carboxylic acids is 1. The Labute approximate surface area is 156 Å². The van der Waals surface area contributed by atoms with Gasteiger partial charge in [0.05, 0.1) is 15.6 Å². The number of rotatable bonds is 3. The number of hydrogen-bond acceptors (Lipinski definition) is 5. The molecule has 0 spiro atoms. The van der Waals surface area contributed by atoms with Crippen LogP contribution < -0.4 is 11.1 Å². The summed E-state index contributed by atoms with van der Waals surface area (Å²) in [6.07, 6.45) is 2.88. The number of furan rings is 2. The third-order valence-corrected chi connectivity index (χ3v) is 4.51. The van der Waals surface area contributed by atoms with E-state index in [0.717, 1.165) is 0 Å². The number of nitrogen functional groups attached to an aromatic ring is 1. The molecule has 0 fully saturated rings. The maximum Gasteiger partial charge on any atom is 0.260 e. The normalized spacial score (nSPS) is 11.2. The number of anilines is 2. The van der Waals surface area contributed by atoms with Crippen molar-refractivity contribution in [3.8, 4) is 11.1 Å². The Hall–Kier alpha value is -2.90. The minimum Gasteiger partial charge on any atom is -0.453 e. The fourth-order valence-corrected chi connectivity index (χ4v) is 2.94. The van der Waals surface area contributed by atoms with Gasteiger partial charge in [-0.2, -0.15) is 0 Å². The predicted molar refractivity (Wildman–Crippen MR) is 97.2 cm³/mol. The molecule has 0 saturated carbocycles. The molecule has 1 amide bonds. The van der Waals surface area contributed by atoms with Gasteiger partial charge in [-0.3, -0.25) is 4.79 Å². The molecule has 0 radical (unpaired) electrons. The smallest absolute Gasteiger partial charge is 0.260 e. The number of fused-ring (bicyclic) bond motifs is 2. The number of nitrogens with two attached hydrogens (primary N) is 1. The highest BCUT2D eigenvalue weighted by molar-refractivity contribution is 6.42. The lowest BCUT2D eigenvalue weighted by molar-refractivity contribution is 0.102. The average molecular weight is 391 g/mol. The Balaban J connectivity index is 1.78. The molecular formula is C17H9Cl2FN4O2. The number of nitrogens with one attached hydrogen (secondary N) is 1. The van der Waals surface area contributed by atoms with Crippen LogP contribution in [0, 0.1) is 5.82 Å². The second-order valence-electron chi connectivity index (χ2n) is 5.45. The highest BCUT2D eigenvalue weighted by atomic mass is 35.5. The van der Waals surface area contributed by atoms with E-state index in [-0.39, 0.29) is 27.7 Å². The Morgan fingerprint density at radius 1 is 1.15 bits per heavy atom. The first-order valence-corrected chi connectivity index (χ1v) is 8.08. The summed E-state index contributed by atoms with van der Waals surface area (Å²) in [4.78, 5) is 20.6. The van der Waals surface area contributed by atoms with Crippen molar-refractivity contribution in [2.75, 3.05) is 11.1 Å². The fraction of sp³-hybridized carbons (Fsp3) is 0. The molecule has 130 valence electrons. The van der Waals surface area contributed by atoms with Crippen LogP contribution in [0.1, 0.15) is 10.4 Å². The van der Waals surface area contributed by atoms with Gasteiger partial charge in [0.15, 0.2) is 11.4 Å². The Bertz CT molecular complexity index is 1130. The highest BCUT2D eigenvalue weighted by Crippen LogP contribution is 2.39. The van der Waals surface area contributed by atoms with Gasteiger partial charge in [0.2, 0.25) is 5.95 Å². The lowest BCUT2D eigenvalue weighted by atomic mass is 10.0. The van der Waals surface area contributed by atoms with E-state index in [1.54, 1.807) is 12.1 Å². The molecule has 0 saturated heterocycles. The van der Waals surface area contributed by atoms with Crippen LogP contribution in [-0.4, -0.2) is 15.9 Å². The van der Waals surface area contributed by atoms with Crippen LogP contribution in [-0.2, 0) is 0 Å². The van der Waals surface area contributed by atoms with E-state index in [9.17, 15) is 9.18 Å². The summed E-state index contributed by atoms with van der Waals surface area (Å²) < 4.78 is 19.4. The largest absolute Gasteiger partial charge is 0.453 e. The van der Waals surface area contributed by atoms with Crippen molar-refractivity contribution in [3.63, 3.8) is 0 Å². The molecule has 9 heteroatoms. The summed E-state index contributed by atoms with van der Waals surface area (Å²) in [6.45, 7) is 0. The molecule has 3 heterocycles. The maximum absolute atomic E-state index is 14.0. The number of benzene rings is 2. The molecule has 4 aromatic rings. The summed E-state index contributed by atoms with van der Waals surface area (Å²) in [5.74, 6) is -1.11. The first-order valence-electron chi connectivity index (χ1n) is 7.32. The van der Waals surface area contributed by atoms with Crippen LogP contribution in [0.25, 0.3) is 22.3 Å². The van der Waals surface area contributed by atoms with Crippen molar-refractivity contribution in [1.82, 2.24) is 9.97 Å². The van der Waals surface area contributed by atoms with Gasteiger partial charge in [-0.15, -0.1) is 0 Å². The molecule has 6 nitrogen and oxygen atoms in total. The summed E-state index contributed by atoms with van der Waals surface area (Å²) in [5.41, 5.74) is 6.87. The van der Waals surface area contributed by atoms with E-state index >= 15 is 0 Å². The van der Waals surface area contributed by atoms with Crippen molar-refractivity contribution < 1.29 is 13.6 Å². The predicted octanol–water partition coefficient (Wildman–Crippen LogP) is 4.61. The van der Waals surface area contributed by atoms with Crippen LogP contribution >= 0.6 is 23.2 Å². The van der Waals surface area contributed by atoms with Gasteiger partial charge in [-0.05, 0) is 18.2 Å². The second-order valence-corrected chi connectivity index (χ2v) is 6.27. The fourth-order valence-electron chi connectivity index (χ4n) is 2.64. The highest BCUT2D eigenvalue weighted by Gasteiger charge is 2.28. The minimum atomic E-state index is -0.626. The molecule has 3 aromatic heterocycles. The van der Waals surface area contributed by atoms with Crippen molar-refractivity contribution in [1.29, 1.82) is 0 Å². The van der Waals surface area contributed by atoms with E-state index in [2.05, 4.69) is 15.3 Å². The SMILES string of the molecule is Nc1ncc(-c2c(C(=O)Nc3ccc(Cl)c(Cl)c3)c3oc2cc3F)cn1. The zero-order valence-corrected chi connectivity index (χ0v) is 14.4. The first kappa shape index (κ1) is 16.6. The summed E-state index contributed by atoms with van der Waals surface area (Å²) in [5, 5.41) is 3.29. The standard InChI is InChI=1S/C17H9Cl2FN4O2/c18-9-2-1-8(3-10(9)19)24-16(25)14-13(7-5-22-17(21)23-6-7)12-4-11(20)15(14)26-12/h1-6H,(H,24,25)(H2,21,22,23). The maximum atomic E-state index is 14.0. The number of carbonyl (C=O) groups is 1. The van der Waals surface area contributed by atoms with Gasteiger partial charge < -0.3 is 15.5 Å². The van der Waals surface area contributed by atoms with Crippen molar-refractivity contribution in [3.05, 3.63) is 58.1 Å². The third kappa shape index (κ3) is 2.71. The van der Waals surface area contributed by atoms with Gasteiger partial charge in [0.1, 0.15) is 5.58 Å². The van der Waals surface area contributed by atoms with E-state index in [1.165, 1.54) is 24.5 Å². The van der Waals surface area contributed by atoms with E-state index in [1.807, 2.05) is 0 Å². The molecule has 0 atom stereocenters. The Morgan fingerprint density at radius 3 is 2.58 bits per heavy atom. The van der Waals surface area contributed by atoms with Gasteiger partial charge in [0.25, 0.3) is 5.91 Å². The summed E-state index contributed by atoms with van der Waals surface area (Å²) in [6, 6.07) is 5.82. The Kier molecular flexibility index (Phi) is 3.90. The van der Waals surface area contributed by atoms with Gasteiger partial charge in [-0.1, -0.05) is 23.2 Å². The number of amides is 1. The van der Waals surface area contributed by atoms with Crippen molar-refractivity contribution in [2.45, 2.75) is 0 Å². The first-order chi connectivity index (χ1) is 12.4. The third-order valence-electron chi connectivity index (χ3n) is 3.78. The molecule has 2 bridgehead atoms. The molecular weight excluding hydrogens is 382 g/mol. The molecule has 3 N–H and O–H groups in total. The molecule has 4 rings (SSSR count). The van der Waals surface area contributed by atoms with Crippen molar-refractivity contribution >= 4 is 51.9 Å². The molecule has 0 aliphatic carbocycles. The van der Waals surface area contributed by atoms with Crippen LogP contribution in [0.2, 0.25) is 10.0 Å². The van der Waals surface area contributed by atoms with Crippen molar-refractivity contribution in [2.24, 2.45) is 0 Å². The van der Waals surface area contributed by atoms with Crippen LogP contribution in [0.5, 0.6) is 0 Å². The van der Waals surface area contributed by atoms with E-state index in [0.29, 0.717) is 21.8 Å². The summed E-state index contributed by atoms with van der Waals surface area (Å²) >= 11 is 11.8. The number of nitrogens with zero attached hydrogens (tertiary/aromatic N) is 2.